The number of rotatable bonds is 4. The topological polar surface area (TPSA) is 58.2 Å². The number of carbonyl (C=O) groups excluding carboxylic acids is 2. The number of amides is 2. The molecule has 1 heterocycles. The van der Waals surface area contributed by atoms with Crippen LogP contribution in [0.5, 0.6) is 0 Å². The molecule has 4 nitrogen and oxygen atoms in total. The molecule has 17 heavy (non-hydrogen) atoms. The summed E-state index contributed by atoms with van der Waals surface area (Å²) in [4.78, 5) is 22.1. The summed E-state index contributed by atoms with van der Waals surface area (Å²) in [6, 6.07) is 5.86. The van der Waals surface area contributed by atoms with Crippen LogP contribution in [0.3, 0.4) is 0 Å². The molecule has 0 saturated carbocycles. The van der Waals surface area contributed by atoms with E-state index in [1.54, 1.807) is 0 Å². The van der Waals surface area contributed by atoms with Crippen molar-refractivity contribution in [2.24, 2.45) is 0 Å². The van der Waals surface area contributed by atoms with Gasteiger partial charge in [-0.25, -0.2) is 0 Å². The zero-order chi connectivity index (χ0) is 12.3. The summed E-state index contributed by atoms with van der Waals surface area (Å²) in [5.74, 6) is -0.139. The second-order valence-corrected chi connectivity index (χ2v) is 4.22. The lowest BCUT2D eigenvalue weighted by molar-refractivity contribution is -0.118. The van der Waals surface area contributed by atoms with E-state index in [9.17, 15) is 9.59 Å². The molecule has 1 aliphatic heterocycles. The fraction of sp³-hybridized carbons (Fsp3) is 0.333. The van der Waals surface area contributed by atoms with E-state index >= 15 is 0 Å². The van der Waals surface area contributed by atoms with Crippen LogP contribution in [0.25, 0.3) is 0 Å². The van der Waals surface area contributed by atoms with E-state index in [-0.39, 0.29) is 17.7 Å². The van der Waals surface area contributed by atoms with Crippen molar-refractivity contribution >= 4 is 29.1 Å². The molecule has 0 radical (unpaired) electrons. The summed E-state index contributed by atoms with van der Waals surface area (Å²) in [5, 5.41) is 5.49. The zero-order valence-electron chi connectivity index (χ0n) is 9.25. The van der Waals surface area contributed by atoms with Gasteiger partial charge < -0.3 is 10.6 Å². The first-order valence-corrected chi connectivity index (χ1v) is 5.97. The van der Waals surface area contributed by atoms with Crippen LogP contribution in [-0.4, -0.2) is 24.2 Å². The highest BCUT2D eigenvalue weighted by atomic mass is 35.5. The molecule has 0 saturated heterocycles. The van der Waals surface area contributed by atoms with Crippen molar-refractivity contribution < 1.29 is 9.59 Å². The van der Waals surface area contributed by atoms with Crippen molar-refractivity contribution in [3.8, 4) is 0 Å². The largest absolute Gasteiger partial charge is 0.355 e. The second kappa shape index (κ2) is 5.19. The third kappa shape index (κ3) is 2.97. The van der Waals surface area contributed by atoms with Crippen LogP contribution in [0.4, 0.5) is 5.69 Å². The maximum atomic E-state index is 11.2. The zero-order valence-corrected chi connectivity index (χ0v) is 10.0. The van der Waals surface area contributed by atoms with E-state index in [0.717, 1.165) is 23.2 Å². The average molecular weight is 253 g/mol. The van der Waals surface area contributed by atoms with Gasteiger partial charge in [0.1, 0.15) is 5.88 Å². The van der Waals surface area contributed by atoms with Crippen molar-refractivity contribution in [1.29, 1.82) is 0 Å². The molecule has 0 atom stereocenters. The molecule has 0 bridgehead atoms. The van der Waals surface area contributed by atoms with E-state index in [1.807, 2.05) is 18.2 Å². The Bertz CT molecular complexity index is 460. The highest BCUT2D eigenvalue weighted by Gasteiger charge is 2.17. The number of benzene rings is 1. The Hall–Kier alpha value is -1.55. The molecule has 0 unspecified atom stereocenters. The van der Waals surface area contributed by atoms with Gasteiger partial charge in [-0.1, -0.05) is 12.1 Å². The van der Waals surface area contributed by atoms with Gasteiger partial charge in [0.15, 0.2) is 0 Å². The Morgan fingerprint density at radius 3 is 3.06 bits per heavy atom. The van der Waals surface area contributed by atoms with E-state index < -0.39 is 0 Å². The lowest BCUT2D eigenvalue weighted by Crippen LogP contribution is -2.26. The second-order valence-electron chi connectivity index (χ2n) is 3.95. The molecule has 2 rings (SSSR count). The number of alkyl halides is 1. The van der Waals surface area contributed by atoms with Crippen LogP contribution in [0.2, 0.25) is 0 Å². The fourth-order valence-electron chi connectivity index (χ4n) is 1.83. The number of halogens is 1. The molecule has 90 valence electrons. The summed E-state index contributed by atoms with van der Waals surface area (Å²) in [6.07, 6.45) is 1.18. The molecule has 0 fully saturated rings. The number of carbonyl (C=O) groups is 2. The molecule has 0 aliphatic carbocycles. The van der Waals surface area contributed by atoms with E-state index in [2.05, 4.69) is 10.6 Å². The minimum Gasteiger partial charge on any atom is -0.355 e. The van der Waals surface area contributed by atoms with Gasteiger partial charge in [0, 0.05) is 12.2 Å². The number of nitrogens with one attached hydrogen (secondary N) is 2. The third-order valence-electron chi connectivity index (χ3n) is 2.65. The highest BCUT2D eigenvalue weighted by molar-refractivity contribution is 6.27. The van der Waals surface area contributed by atoms with Crippen LogP contribution >= 0.6 is 11.6 Å². The van der Waals surface area contributed by atoms with Gasteiger partial charge in [-0.3, -0.25) is 9.59 Å². The Morgan fingerprint density at radius 2 is 2.29 bits per heavy atom. The maximum absolute atomic E-state index is 11.2. The van der Waals surface area contributed by atoms with E-state index in [1.165, 1.54) is 0 Å². The van der Waals surface area contributed by atoms with Crippen molar-refractivity contribution in [2.45, 2.75) is 12.8 Å². The molecule has 1 aromatic carbocycles. The molecule has 5 heteroatoms. The molecule has 0 aromatic heterocycles. The van der Waals surface area contributed by atoms with Crippen LogP contribution in [0.1, 0.15) is 11.1 Å². The molecule has 1 aromatic rings. The Labute approximate surface area is 104 Å². The summed E-state index contributed by atoms with van der Waals surface area (Å²) in [7, 11) is 0. The lowest BCUT2D eigenvalue weighted by atomic mass is 10.1. The van der Waals surface area contributed by atoms with Gasteiger partial charge in [-0.15, -0.1) is 11.6 Å². The van der Waals surface area contributed by atoms with E-state index in [4.69, 9.17) is 11.6 Å². The minimum atomic E-state index is -0.162. The van der Waals surface area contributed by atoms with Gasteiger partial charge in [-0.2, -0.15) is 0 Å². The first-order valence-electron chi connectivity index (χ1n) is 5.43. The molecular formula is C12H13ClN2O2. The smallest absolute Gasteiger partial charge is 0.234 e. The van der Waals surface area contributed by atoms with Crippen molar-refractivity contribution in [3.05, 3.63) is 29.3 Å². The predicted octanol–water partition coefficient (Wildman–Crippen LogP) is 1.08. The summed E-state index contributed by atoms with van der Waals surface area (Å²) < 4.78 is 0. The van der Waals surface area contributed by atoms with Crippen LogP contribution in [-0.2, 0) is 22.4 Å². The quantitative estimate of drug-likeness (QED) is 0.788. The normalized spacial score (nSPS) is 13.1. The minimum absolute atomic E-state index is 0.0113. The van der Waals surface area contributed by atoms with Crippen molar-refractivity contribution in [1.82, 2.24) is 5.32 Å². The van der Waals surface area contributed by atoms with Crippen LogP contribution < -0.4 is 10.6 Å². The standard InChI is InChI=1S/C12H13ClN2O2/c13-7-12(17)14-4-3-8-1-2-10-9(5-8)6-11(16)15-10/h1-2,5H,3-4,6-7H2,(H,14,17)(H,15,16). The Morgan fingerprint density at radius 1 is 1.47 bits per heavy atom. The van der Waals surface area contributed by atoms with Gasteiger partial charge in [0.2, 0.25) is 11.8 Å². The van der Waals surface area contributed by atoms with Crippen molar-refractivity contribution in [2.75, 3.05) is 17.7 Å². The van der Waals surface area contributed by atoms with Gasteiger partial charge in [0.05, 0.1) is 6.42 Å². The molecule has 2 amide bonds. The monoisotopic (exact) mass is 252 g/mol. The van der Waals surface area contributed by atoms with E-state index in [0.29, 0.717) is 13.0 Å². The summed E-state index contributed by atoms with van der Waals surface area (Å²) in [5.41, 5.74) is 3.02. The molecular weight excluding hydrogens is 240 g/mol. The molecule has 0 spiro atoms. The number of hydrogen-bond acceptors (Lipinski definition) is 2. The average Bonchev–Trinajstić information content (AvgIpc) is 2.68. The fourth-order valence-corrected chi connectivity index (χ4v) is 1.93. The summed E-state index contributed by atoms with van der Waals surface area (Å²) in [6.45, 7) is 0.561. The van der Waals surface area contributed by atoms with Crippen LogP contribution in [0.15, 0.2) is 18.2 Å². The van der Waals surface area contributed by atoms with Gasteiger partial charge in [-0.05, 0) is 23.6 Å². The Kier molecular flexibility index (Phi) is 3.64. The Balaban J connectivity index is 1.93. The SMILES string of the molecule is O=C(CCl)NCCc1ccc2c(c1)CC(=O)N2. The number of anilines is 1. The predicted molar refractivity (Wildman–Crippen MR) is 66.2 cm³/mol. The van der Waals surface area contributed by atoms with Gasteiger partial charge in [0.25, 0.3) is 0 Å². The van der Waals surface area contributed by atoms with Gasteiger partial charge >= 0.3 is 0 Å². The highest BCUT2D eigenvalue weighted by Crippen LogP contribution is 2.23. The molecule has 1 aliphatic rings. The van der Waals surface area contributed by atoms with Crippen LogP contribution in [0, 0.1) is 0 Å². The maximum Gasteiger partial charge on any atom is 0.234 e. The summed E-state index contributed by atoms with van der Waals surface area (Å²) >= 11 is 5.37. The first kappa shape index (κ1) is 11.9. The first-order chi connectivity index (χ1) is 8.19. The lowest BCUT2D eigenvalue weighted by Gasteiger charge is -2.05. The molecule has 2 N–H and O–H groups in total. The third-order valence-corrected chi connectivity index (χ3v) is 2.89. The number of fused-ring (bicyclic) bond motifs is 1. The van der Waals surface area contributed by atoms with Crippen molar-refractivity contribution in [3.63, 3.8) is 0 Å². The number of hydrogen-bond donors (Lipinski definition) is 2.